The number of carbonyl (C=O) groups is 1. The van der Waals surface area contributed by atoms with Gasteiger partial charge in [0.1, 0.15) is 18.7 Å². The van der Waals surface area contributed by atoms with Gasteiger partial charge < -0.3 is 0 Å². The van der Waals surface area contributed by atoms with E-state index < -0.39 is 34.0 Å². The largest absolute Gasteiger partial charge is 0.297 e. The van der Waals surface area contributed by atoms with E-state index >= 15 is 0 Å². The van der Waals surface area contributed by atoms with E-state index in [-0.39, 0.29) is 28.6 Å². The number of halogens is 2. The molecule has 2 aromatic rings. The van der Waals surface area contributed by atoms with Crippen LogP contribution in [0.2, 0.25) is 0 Å². The fourth-order valence-electron chi connectivity index (χ4n) is 3.43. The molecule has 0 saturated heterocycles. The molecule has 1 aromatic carbocycles. The zero-order chi connectivity index (χ0) is 20.6. The second-order valence-corrected chi connectivity index (χ2v) is 10.3. The molecule has 1 amide bonds. The highest BCUT2D eigenvalue weighted by Crippen LogP contribution is 2.36. The predicted molar refractivity (Wildman–Crippen MR) is 106 cm³/mol. The zero-order valence-electron chi connectivity index (χ0n) is 15.3. The maximum absolute atomic E-state index is 13.6. The van der Waals surface area contributed by atoms with Crippen molar-refractivity contribution in [1.82, 2.24) is 9.36 Å². The summed E-state index contributed by atoms with van der Waals surface area (Å²) in [4.78, 5) is 16.9. The summed E-state index contributed by atoms with van der Waals surface area (Å²) in [7, 11) is -3.34. The van der Waals surface area contributed by atoms with Crippen LogP contribution < -0.4 is 5.32 Å². The van der Waals surface area contributed by atoms with E-state index in [1.165, 1.54) is 18.5 Å². The first kappa shape index (κ1) is 20.1. The van der Waals surface area contributed by atoms with Crippen molar-refractivity contribution < 1.29 is 22.0 Å². The molecule has 2 fully saturated rings. The molecule has 2 saturated carbocycles. The topological polar surface area (TPSA) is 89.0 Å². The quantitative estimate of drug-likeness (QED) is 0.695. The molecule has 10 heteroatoms. The van der Waals surface area contributed by atoms with Crippen LogP contribution in [0.25, 0.3) is 5.57 Å². The Kier molecular flexibility index (Phi) is 5.48. The minimum Gasteiger partial charge on any atom is -0.297 e. The highest BCUT2D eigenvalue weighted by molar-refractivity contribution is 7.92. The van der Waals surface area contributed by atoms with E-state index in [0.29, 0.717) is 23.5 Å². The lowest BCUT2D eigenvalue weighted by molar-refractivity contribution is -0.111. The average molecular weight is 440 g/mol. The van der Waals surface area contributed by atoms with Crippen molar-refractivity contribution in [2.24, 2.45) is 5.92 Å². The molecular weight excluding hydrogens is 420 g/mol. The zero-order valence-corrected chi connectivity index (χ0v) is 16.9. The number of aromatic nitrogens is 2. The van der Waals surface area contributed by atoms with Crippen molar-refractivity contribution in [3.05, 3.63) is 42.2 Å². The van der Waals surface area contributed by atoms with Gasteiger partial charge in [0.25, 0.3) is 5.91 Å². The monoisotopic (exact) mass is 439 g/mol. The van der Waals surface area contributed by atoms with Gasteiger partial charge in [0.15, 0.2) is 9.84 Å². The summed E-state index contributed by atoms with van der Waals surface area (Å²) in [5.41, 5.74) is 0.696. The maximum atomic E-state index is 13.6. The van der Waals surface area contributed by atoms with Crippen LogP contribution in [-0.4, -0.2) is 41.3 Å². The first-order chi connectivity index (χ1) is 13.8. The van der Waals surface area contributed by atoms with Crippen LogP contribution in [0, 0.1) is 5.92 Å². The Balaban J connectivity index is 1.63. The minimum absolute atomic E-state index is 0.00486. The molecule has 0 aliphatic heterocycles. The number of hydrogen-bond acceptors (Lipinski definition) is 6. The van der Waals surface area contributed by atoms with Crippen LogP contribution in [0.15, 0.2) is 41.6 Å². The molecule has 1 heterocycles. The van der Waals surface area contributed by atoms with Crippen LogP contribution in [0.3, 0.4) is 0 Å². The average Bonchev–Trinajstić information content (AvgIpc) is 3.36. The fraction of sp³-hybridized carbons (Fsp3) is 0.421. The van der Waals surface area contributed by atoms with E-state index in [9.17, 15) is 22.0 Å². The van der Waals surface area contributed by atoms with Crippen LogP contribution in [0.1, 0.15) is 31.2 Å². The number of rotatable bonds is 6. The summed E-state index contributed by atoms with van der Waals surface area (Å²) in [5.74, 6) is -0.915. The second kappa shape index (κ2) is 7.91. The summed E-state index contributed by atoms with van der Waals surface area (Å²) in [6.45, 7) is 0. The minimum atomic E-state index is -3.34. The van der Waals surface area contributed by atoms with Crippen molar-refractivity contribution >= 4 is 38.0 Å². The molecular formula is C19H19F2N3O3S2. The molecule has 1 N–H and O–H groups in total. The Labute approximate surface area is 171 Å². The fourth-order valence-corrected chi connectivity index (χ4v) is 5.52. The van der Waals surface area contributed by atoms with Crippen molar-refractivity contribution in [2.45, 2.75) is 48.2 Å². The van der Waals surface area contributed by atoms with Gasteiger partial charge in [-0.25, -0.2) is 22.2 Å². The molecule has 6 nitrogen and oxygen atoms in total. The summed E-state index contributed by atoms with van der Waals surface area (Å²) in [6.07, 6.45) is 1.11. The molecule has 29 heavy (non-hydrogen) atoms. The van der Waals surface area contributed by atoms with Gasteiger partial charge in [-0.15, -0.1) is 0 Å². The number of nitrogens with zero attached hydrogens (tertiary/aromatic N) is 2. The van der Waals surface area contributed by atoms with E-state index in [4.69, 9.17) is 0 Å². The molecule has 1 aromatic heterocycles. The van der Waals surface area contributed by atoms with Gasteiger partial charge in [0.05, 0.1) is 10.1 Å². The third-order valence-electron chi connectivity index (χ3n) is 5.13. The number of amides is 1. The van der Waals surface area contributed by atoms with Gasteiger partial charge in [-0.3, -0.25) is 10.1 Å². The molecule has 0 bridgehead atoms. The summed E-state index contributed by atoms with van der Waals surface area (Å²) >= 11 is 1.00. The highest BCUT2D eigenvalue weighted by Gasteiger charge is 2.37. The summed E-state index contributed by atoms with van der Waals surface area (Å²) in [6, 6.07) is 6.05. The molecule has 2 aliphatic rings. The van der Waals surface area contributed by atoms with Crippen LogP contribution >= 0.6 is 11.5 Å². The number of hydrogen-bond donors (Lipinski definition) is 1. The first-order valence-electron chi connectivity index (χ1n) is 9.27. The Hall–Kier alpha value is -2.20. The number of carbonyl (C=O) groups excluding carboxylic acids is 1. The van der Waals surface area contributed by atoms with Crippen molar-refractivity contribution in [3.63, 3.8) is 0 Å². The van der Waals surface area contributed by atoms with E-state index in [0.717, 1.165) is 11.5 Å². The van der Waals surface area contributed by atoms with Crippen molar-refractivity contribution in [1.29, 1.82) is 0 Å². The SMILES string of the molecule is O=C(Nc1ncns1)/C(=C/[C@H]1C[C@@H](F)[C@@H](F)C1)c1ccc(S(=O)(=O)C2CC2)cc1. The summed E-state index contributed by atoms with van der Waals surface area (Å²) in [5, 5.41) is 2.59. The first-order valence-corrected chi connectivity index (χ1v) is 11.6. The molecule has 0 spiro atoms. The van der Waals surface area contributed by atoms with Gasteiger partial charge in [0.2, 0.25) is 5.13 Å². The number of benzene rings is 1. The van der Waals surface area contributed by atoms with Gasteiger partial charge in [-0.05, 0) is 49.3 Å². The van der Waals surface area contributed by atoms with Crippen molar-refractivity contribution in [2.75, 3.05) is 5.32 Å². The lowest BCUT2D eigenvalue weighted by atomic mass is 9.98. The number of anilines is 1. The van der Waals surface area contributed by atoms with Gasteiger partial charge in [-0.2, -0.15) is 4.37 Å². The molecule has 0 unspecified atom stereocenters. The molecule has 154 valence electrons. The normalized spacial score (nSPS) is 25.2. The lowest BCUT2D eigenvalue weighted by Crippen LogP contribution is -2.15. The van der Waals surface area contributed by atoms with Crippen molar-refractivity contribution in [3.8, 4) is 0 Å². The third-order valence-corrected chi connectivity index (χ3v) is 7.99. The van der Waals surface area contributed by atoms with Crippen LogP contribution in [-0.2, 0) is 14.6 Å². The molecule has 3 atom stereocenters. The maximum Gasteiger partial charge on any atom is 0.257 e. The van der Waals surface area contributed by atoms with Gasteiger partial charge in [-0.1, -0.05) is 18.2 Å². The predicted octanol–water partition coefficient (Wildman–Crippen LogP) is 3.58. The summed E-state index contributed by atoms with van der Waals surface area (Å²) < 4.78 is 55.8. The van der Waals surface area contributed by atoms with E-state index in [2.05, 4.69) is 14.7 Å². The van der Waals surface area contributed by atoms with Crippen LogP contribution in [0.4, 0.5) is 13.9 Å². The van der Waals surface area contributed by atoms with Crippen LogP contribution in [0.5, 0.6) is 0 Å². The Bertz CT molecular complexity index is 1010. The Morgan fingerprint density at radius 1 is 1.14 bits per heavy atom. The smallest absolute Gasteiger partial charge is 0.257 e. The highest BCUT2D eigenvalue weighted by atomic mass is 32.2. The van der Waals surface area contributed by atoms with Gasteiger partial charge >= 0.3 is 0 Å². The standard InChI is InChI=1S/C19H19F2N3O3S2/c20-16-8-11(9-17(16)21)7-15(18(25)24-19-22-10-23-28-19)12-1-3-13(4-2-12)29(26,27)14-5-6-14/h1-4,7,10-11,14,16-17H,5-6,8-9H2,(H,22,23,24,25)/b15-7+/t11-,16+,17-. The third kappa shape index (κ3) is 4.37. The van der Waals surface area contributed by atoms with Gasteiger partial charge in [0, 0.05) is 17.1 Å². The van der Waals surface area contributed by atoms with E-state index in [1.54, 1.807) is 18.2 Å². The lowest BCUT2D eigenvalue weighted by Gasteiger charge is -2.11. The number of alkyl halides is 2. The molecule has 2 aliphatic carbocycles. The molecule has 4 rings (SSSR count). The number of allylic oxidation sites excluding steroid dienone is 1. The Morgan fingerprint density at radius 3 is 2.34 bits per heavy atom. The molecule has 0 radical (unpaired) electrons. The second-order valence-electron chi connectivity index (χ2n) is 7.31. The number of nitrogens with one attached hydrogen (secondary N) is 1. The number of sulfone groups is 1. The Morgan fingerprint density at radius 2 is 1.79 bits per heavy atom. The van der Waals surface area contributed by atoms with E-state index in [1.807, 2.05) is 0 Å².